The van der Waals surface area contributed by atoms with Crippen LogP contribution in [-0.2, 0) is 12.5 Å². The van der Waals surface area contributed by atoms with Gasteiger partial charge in [-0.3, -0.25) is 4.68 Å². The van der Waals surface area contributed by atoms with E-state index in [9.17, 15) is 0 Å². The summed E-state index contributed by atoms with van der Waals surface area (Å²) in [6, 6.07) is 8.15. The van der Waals surface area contributed by atoms with Crippen molar-refractivity contribution in [1.29, 1.82) is 0 Å². The summed E-state index contributed by atoms with van der Waals surface area (Å²) in [5.41, 5.74) is 9.29. The van der Waals surface area contributed by atoms with Crippen molar-refractivity contribution in [2.24, 2.45) is 7.05 Å². The molecule has 4 heteroatoms. The maximum atomic E-state index is 6.17. The number of hydrogen-bond acceptors (Lipinski definition) is 2. The highest BCUT2D eigenvalue weighted by Gasteiger charge is 2.25. The number of benzene rings is 1. The number of aromatic nitrogens is 2. The van der Waals surface area contributed by atoms with E-state index in [1.807, 2.05) is 19.2 Å². The Labute approximate surface area is 116 Å². The van der Waals surface area contributed by atoms with Gasteiger partial charge in [-0.2, -0.15) is 5.10 Å². The fourth-order valence-electron chi connectivity index (χ4n) is 1.99. The summed E-state index contributed by atoms with van der Waals surface area (Å²) in [4.78, 5) is 0. The fourth-order valence-corrected chi connectivity index (χ4v) is 2.39. The van der Waals surface area contributed by atoms with Crippen LogP contribution >= 0.6 is 15.9 Å². The maximum absolute atomic E-state index is 6.17. The van der Waals surface area contributed by atoms with E-state index < -0.39 is 0 Å². The number of nitrogens with zero attached hydrogens (tertiary/aromatic N) is 2. The van der Waals surface area contributed by atoms with Crippen LogP contribution < -0.4 is 5.73 Å². The van der Waals surface area contributed by atoms with Crippen LogP contribution in [0, 0.1) is 0 Å². The summed E-state index contributed by atoms with van der Waals surface area (Å²) < 4.78 is 2.79. The van der Waals surface area contributed by atoms with Crippen molar-refractivity contribution in [2.45, 2.75) is 26.2 Å². The van der Waals surface area contributed by atoms with E-state index in [1.165, 1.54) is 0 Å². The number of halogens is 1. The van der Waals surface area contributed by atoms with Gasteiger partial charge in [0, 0.05) is 22.5 Å². The van der Waals surface area contributed by atoms with Gasteiger partial charge in [0.1, 0.15) is 5.82 Å². The van der Waals surface area contributed by atoms with E-state index in [2.05, 4.69) is 53.9 Å². The third kappa shape index (κ3) is 2.29. The number of anilines is 1. The molecule has 1 aromatic heterocycles. The predicted octanol–water partition coefficient (Wildman–Crippen LogP) is 3.73. The second-order valence-electron chi connectivity index (χ2n) is 5.49. The summed E-state index contributed by atoms with van der Waals surface area (Å²) in [5.74, 6) is 0.707. The van der Waals surface area contributed by atoms with Crippen LogP contribution in [0.15, 0.2) is 28.7 Å². The zero-order chi connectivity index (χ0) is 13.5. The molecular formula is C14H18BrN3. The Bertz CT molecular complexity index is 579. The van der Waals surface area contributed by atoms with E-state index in [1.54, 1.807) is 4.68 Å². The highest BCUT2D eigenvalue weighted by molar-refractivity contribution is 9.10. The van der Waals surface area contributed by atoms with E-state index in [4.69, 9.17) is 5.73 Å². The first-order chi connectivity index (χ1) is 8.30. The van der Waals surface area contributed by atoms with Crippen molar-refractivity contribution in [2.75, 3.05) is 5.73 Å². The summed E-state index contributed by atoms with van der Waals surface area (Å²) in [5, 5.41) is 4.56. The number of rotatable bonds is 1. The van der Waals surface area contributed by atoms with Gasteiger partial charge >= 0.3 is 0 Å². The van der Waals surface area contributed by atoms with Gasteiger partial charge in [-0.1, -0.05) is 48.8 Å². The molecule has 0 fully saturated rings. The first kappa shape index (κ1) is 13.1. The number of hydrogen-bond donors (Lipinski definition) is 1. The van der Waals surface area contributed by atoms with E-state index >= 15 is 0 Å². The highest BCUT2D eigenvalue weighted by Crippen LogP contribution is 2.36. The summed E-state index contributed by atoms with van der Waals surface area (Å²) in [6.07, 6.45) is 0. The van der Waals surface area contributed by atoms with Crippen molar-refractivity contribution < 1.29 is 0 Å². The van der Waals surface area contributed by atoms with Gasteiger partial charge in [0.25, 0.3) is 0 Å². The van der Waals surface area contributed by atoms with Crippen LogP contribution in [0.25, 0.3) is 11.1 Å². The molecule has 2 aromatic rings. The molecule has 0 saturated heterocycles. The average molecular weight is 308 g/mol. The molecule has 0 spiro atoms. The average Bonchev–Trinajstić information content (AvgIpc) is 2.55. The van der Waals surface area contributed by atoms with Crippen molar-refractivity contribution in [3.8, 4) is 11.1 Å². The van der Waals surface area contributed by atoms with Crippen LogP contribution in [0.1, 0.15) is 26.5 Å². The third-order valence-electron chi connectivity index (χ3n) is 2.92. The lowest BCUT2D eigenvalue weighted by Gasteiger charge is -2.17. The third-order valence-corrected chi connectivity index (χ3v) is 3.41. The van der Waals surface area contributed by atoms with Crippen LogP contribution in [0.4, 0.5) is 5.82 Å². The molecule has 1 heterocycles. The Morgan fingerprint density at radius 1 is 1.28 bits per heavy atom. The predicted molar refractivity (Wildman–Crippen MR) is 79.5 cm³/mol. The molecule has 2 rings (SSSR count). The normalized spacial score (nSPS) is 11.8. The van der Waals surface area contributed by atoms with Gasteiger partial charge in [0.15, 0.2) is 0 Å². The molecule has 18 heavy (non-hydrogen) atoms. The zero-order valence-electron chi connectivity index (χ0n) is 11.2. The summed E-state index contributed by atoms with van der Waals surface area (Å²) in [7, 11) is 1.88. The molecular weight excluding hydrogens is 290 g/mol. The van der Waals surface area contributed by atoms with E-state index in [0.29, 0.717) is 5.82 Å². The second kappa shape index (κ2) is 4.43. The Hall–Kier alpha value is -1.29. The largest absolute Gasteiger partial charge is 0.383 e. The lowest BCUT2D eigenvalue weighted by atomic mass is 9.87. The molecule has 0 aliphatic carbocycles. The maximum Gasteiger partial charge on any atom is 0.129 e. The van der Waals surface area contributed by atoms with Crippen LogP contribution in [0.2, 0.25) is 0 Å². The molecule has 0 unspecified atom stereocenters. The smallest absolute Gasteiger partial charge is 0.129 e. The molecule has 0 atom stereocenters. The van der Waals surface area contributed by atoms with Crippen LogP contribution in [-0.4, -0.2) is 9.78 Å². The second-order valence-corrected chi connectivity index (χ2v) is 6.41. The monoisotopic (exact) mass is 307 g/mol. The molecule has 2 N–H and O–H groups in total. The topological polar surface area (TPSA) is 43.8 Å². The minimum Gasteiger partial charge on any atom is -0.383 e. The Kier molecular flexibility index (Phi) is 3.23. The molecule has 0 aliphatic heterocycles. The lowest BCUT2D eigenvalue weighted by molar-refractivity contribution is 0.555. The Balaban J connectivity index is 2.70. The highest BCUT2D eigenvalue weighted by atomic mass is 79.9. The molecule has 3 nitrogen and oxygen atoms in total. The number of nitrogens with two attached hydrogens (primary N) is 1. The van der Waals surface area contributed by atoms with Crippen molar-refractivity contribution in [3.05, 3.63) is 34.4 Å². The van der Waals surface area contributed by atoms with Gasteiger partial charge in [0.2, 0.25) is 0 Å². The molecule has 0 aliphatic rings. The van der Waals surface area contributed by atoms with Crippen molar-refractivity contribution >= 4 is 21.7 Å². The Morgan fingerprint density at radius 2 is 1.94 bits per heavy atom. The standard InChI is InChI=1S/C14H18BrN3/c1-14(2,3)12-11(13(16)18(4)17-12)9-6-5-7-10(15)8-9/h5-8H,16H2,1-4H3. The molecule has 1 aromatic carbocycles. The summed E-state index contributed by atoms with van der Waals surface area (Å²) in [6.45, 7) is 6.45. The van der Waals surface area contributed by atoms with E-state index in [-0.39, 0.29) is 5.41 Å². The molecule has 0 saturated carbocycles. The van der Waals surface area contributed by atoms with Crippen LogP contribution in [0.5, 0.6) is 0 Å². The van der Waals surface area contributed by atoms with Gasteiger partial charge in [-0.15, -0.1) is 0 Å². The van der Waals surface area contributed by atoms with Crippen molar-refractivity contribution in [3.63, 3.8) is 0 Å². The zero-order valence-corrected chi connectivity index (χ0v) is 12.7. The van der Waals surface area contributed by atoms with Gasteiger partial charge in [0.05, 0.1) is 5.69 Å². The summed E-state index contributed by atoms with van der Waals surface area (Å²) >= 11 is 3.50. The molecule has 0 amide bonds. The minimum atomic E-state index is -0.0347. The fraction of sp³-hybridized carbons (Fsp3) is 0.357. The first-order valence-corrected chi connectivity index (χ1v) is 6.69. The number of nitrogen functional groups attached to an aromatic ring is 1. The molecule has 96 valence electrons. The van der Waals surface area contributed by atoms with Gasteiger partial charge in [-0.05, 0) is 17.7 Å². The van der Waals surface area contributed by atoms with E-state index in [0.717, 1.165) is 21.3 Å². The SMILES string of the molecule is Cn1nc(C(C)(C)C)c(-c2cccc(Br)c2)c1N. The van der Waals surface area contributed by atoms with Gasteiger partial charge < -0.3 is 5.73 Å². The van der Waals surface area contributed by atoms with Crippen LogP contribution in [0.3, 0.4) is 0 Å². The van der Waals surface area contributed by atoms with Gasteiger partial charge in [-0.25, -0.2) is 0 Å². The number of aryl methyl sites for hydroxylation is 1. The molecule has 0 bridgehead atoms. The molecule has 0 radical (unpaired) electrons. The Morgan fingerprint density at radius 3 is 2.50 bits per heavy atom. The van der Waals surface area contributed by atoms with Crippen molar-refractivity contribution in [1.82, 2.24) is 9.78 Å². The quantitative estimate of drug-likeness (QED) is 0.872. The minimum absolute atomic E-state index is 0.0347. The first-order valence-electron chi connectivity index (χ1n) is 5.89. The lowest BCUT2D eigenvalue weighted by Crippen LogP contribution is -2.13.